The average Bonchev–Trinajstić information content (AvgIpc) is 3.46. The number of carbonyl (C=O) groups excluding carboxylic acids is 1. The first kappa shape index (κ1) is 32.2. The highest BCUT2D eigenvalue weighted by molar-refractivity contribution is 7.89. The second-order valence-corrected chi connectivity index (χ2v) is 14.7. The molecule has 0 radical (unpaired) electrons. The van der Waals surface area contributed by atoms with Crippen molar-refractivity contribution in [3.8, 4) is 16.6 Å². The highest BCUT2D eigenvalue weighted by atomic mass is 32.2. The molecular weight excluding hydrogens is 644 g/mol. The minimum absolute atomic E-state index is 0.0361. The molecule has 3 aromatic heterocycles. The molecule has 11 nitrogen and oxygen atoms in total. The molecule has 1 aliphatic carbocycles. The van der Waals surface area contributed by atoms with Crippen LogP contribution in [0, 0.1) is 5.92 Å². The fourth-order valence-electron chi connectivity index (χ4n) is 5.68. The molecule has 0 spiro atoms. The molecule has 1 saturated heterocycles. The van der Waals surface area contributed by atoms with Crippen LogP contribution in [0.3, 0.4) is 0 Å². The number of methoxy groups -OCH3 is 1. The number of fused-ring (bicyclic) bond motifs is 1. The Morgan fingerprint density at radius 2 is 1.80 bits per heavy atom. The average molecular weight is 678 g/mol. The van der Waals surface area contributed by atoms with Gasteiger partial charge in [-0.25, -0.2) is 26.6 Å². The number of carbonyl (C=O) groups is 1. The Labute approximate surface area is 268 Å². The van der Waals surface area contributed by atoms with Crippen molar-refractivity contribution in [3.63, 3.8) is 0 Å². The Morgan fingerprint density at radius 3 is 2.37 bits per heavy atom. The Hall–Kier alpha value is -3.76. The smallest absolute Gasteiger partial charge is 0.291 e. The van der Waals surface area contributed by atoms with Gasteiger partial charge in [-0.2, -0.15) is 4.31 Å². The number of hydrogen-bond acceptors (Lipinski definition) is 9. The lowest BCUT2D eigenvalue weighted by Gasteiger charge is -2.37. The van der Waals surface area contributed by atoms with Crippen LogP contribution in [0.15, 0.2) is 47.6 Å². The molecule has 0 atom stereocenters. The summed E-state index contributed by atoms with van der Waals surface area (Å²) < 4.78 is 78.5. The zero-order valence-electron chi connectivity index (χ0n) is 25.6. The van der Waals surface area contributed by atoms with Gasteiger partial charge in [0, 0.05) is 44.8 Å². The predicted molar refractivity (Wildman–Crippen MR) is 166 cm³/mol. The number of ether oxygens (including phenoxy) is 1. The minimum Gasteiger partial charge on any atom is -0.497 e. The van der Waals surface area contributed by atoms with Crippen LogP contribution in [0.2, 0.25) is 0 Å². The maximum Gasteiger partial charge on any atom is 0.291 e. The second-order valence-electron chi connectivity index (χ2n) is 11.8. The third-order valence-electron chi connectivity index (χ3n) is 8.52. The molecule has 0 unspecified atom stereocenters. The maximum absolute atomic E-state index is 14.6. The zero-order chi connectivity index (χ0) is 32.8. The number of piperazine rings is 1. The molecule has 16 heteroatoms. The van der Waals surface area contributed by atoms with Gasteiger partial charge in [-0.15, -0.1) is 10.2 Å². The van der Waals surface area contributed by atoms with Gasteiger partial charge in [0.25, 0.3) is 6.43 Å². The topological polar surface area (TPSA) is 113 Å². The standard InChI is InChI=1S/C30H34F3N7O4S2/c1-19(2)29(41)38-12-10-37(11-13-38)23-14-22(17-39-24(23)15-34-26(39)28-36-35-27(45-28)25(32)33)46(42,43)40(30(18-31)8-9-30)16-20-4-6-21(44-3)7-5-20/h4-7,14-15,17,19,25H,8-13,16,18H2,1-3H3. The van der Waals surface area contributed by atoms with Crippen molar-refractivity contribution in [2.75, 3.05) is 44.9 Å². The van der Waals surface area contributed by atoms with E-state index in [2.05, 4.69) is 15.2 Å². The summed E-state index contributed by atoms with van der Waals surface area (Å²) in [4.78, 5) is 20.7. The van der Waals surface area contributed by atoms with E-state index in [9.17, 15) is 26.4 Å². The van der Waals surface area contributed by atoms with E-state index >= 15 is 0 Å². The number of amides is 1. The molecule has 6 rings (SSSR count). The monoisotopic (exact) mass is 677 g/mol. The highest BCUT2D eigenvalue weighted by Crippen LogP contribution is 2.46. The lowest BCUT2D eigenvalue weighted by molar-refractivity contribution is -0.134. The van der Waals surface area contributed by atoms with Crippen LogP contribution >= 0.6 is 11.3 Å². The van der Waals surface area contributed by atoms with Gasteiger partial charge in [0.2, 0.25) is 15.9 Å². The summed E-state index contributed by atoms with van der Waals surface area (Å²) >= 11 is 0.670. The van der Waals surface area contributed by atoms with E-state index in [-0.39, 0.29) is 34.1 Å². The van der Waals surface area contributed by atoms with Crippen LogP contribution in [0.1, 0.15) is 43.7 Å². The van der Waals surface area contributed by atoms with Crippen molar-refractivity contribution < 1.29 is 31.1 Å². The van der Waals surface area contributed by atoms with Gasteiger partial charge < -0.3 is 14.5 Å². The lowest BCUT2D eigenvalue weighted by atomic mass is 10.1. The van der Waals surface area contributed by atoms with Gasteiger partial charge in [0.05, 0.1) is 30.0 Å². The van der Waals surface area contributed by atoms with Crippen LogP contribution in [0.5, 0.6) is 5.75 Å². The van der Waals surface area contributed by atoms with E-state index in [1.165, 1.54) is 28.2 Å². The summed E-state index contributed by atoms with van der Waals surface area (Å²) in [6.07, 6.45) is 0.841. The zero-order valence-corrected chi connectivity index (χ0v) is 27.2. The fraction of sp³-hybridized carbons (Fsp3) is 0.467. The van der Waals surface area contributed by atoms with Crippen LogP contribution in [-0.2, 0) is 21.4 Å². The fourth-order valence-corrected chi connectivity index (χ4v) is 8.19. The van der Waals surface area contributed by atoms with Crippen LogP contribution in [-0.4, -0.2) is 88.6 Å². The van der Waals surface area contributed by atoms with E-state index in [4.69, 9.17) is 4.74 Å². The van der Waals surface area contributed by atoms with Gasteiger partial charge in [0.15, 0.2) is 15.8 Å². The molecule has 246 valence electrons. The minimum atomic E-state index is -4.33. The quantitative estimate of drug-likeness (QED) is 0.223. The molecular formula is C30H34F3N7O4S2. The van der Waals surface area contributed by atoms with Gasteiger partial charge in [-0.1, -0.05) is 37.3 Å². The number of anilines is 1. The van der Waals surface area contributed by atoms with E-state index < -0.39 is 33.7 Å². The normalized spacial score (nSPS) is 16.6. The third-order valence-corrected chi connectivity index (χ3v) is 11.4. The summed E-state index contributed by atoms with van der Waals surface area (Å²) in [7, 11) is -2.79. The third kappa shape index (κ3) is 5.93. The molecule has 0 bridgehead atoms. The van der Waals surface area contributed by atoms with Crippen LogP contribution < -0.4 is 9.64 Å². The van der Waals surface area contributed by atoms with Crippen molar-refractivity contribution in [2.24, 2.45) is 5.92 Å². The Morgan fingerprint density at radius 1 is 1.11 bits per heavy atom. The Kier molecular flexibility index (Phi) is 8.71. The SMILES string of the molecule is COc1ccc(CN(C2(CF)CC2)S(=O)(=O)c2cc(N3CCN(C(=O)C(C)C)CC3)c3cnc(-c4nnc(C(F)F)s4)n3c2)cc1. The number of imidazole rings is 1. The predicted octanol–water partition coefficient (Wildman–Crippen LogP) is 4.80. The molecule has 46 heavy (non-hydrogen) atoms. The van der Waals surface area contributed by atoms with Crippen LogP contribution in [0.25, 0.3) is 16.3 Å². The maximum atomic E-state index is 14.6. The van der Waals surface area contributed by atoms with Crippen molar-refractivity contribution in [3.05, 3.63) is 53.3 Å². The molecule has 1 aliphatic heterocycles. The summed E-state index contributed by atoms with van der Waals surface area (Å²) in [5.74, 6) is 0.638. The van der Waals surface area contributed by atoms with Gasteiger partial charge in [-0.05, 0) is 36.6 Å². The molecule has 2 fully saturated rings. The number of halogens is 3. The Bertz CT molecular complexity index is 1830. The summed E-state index contributed by atoms with van der Waals surface area (Å²) in [5.41, 5.74) is 0.539. The van der Waals surface area contributed by atoms with Crippen molar-refractivity contribution in [1.82, 2.24) is 28.8 Å². The molecule has 4 aromatic rings. The van der Waals surface area contributed by atoms with E-state index in [0.717, 1.165) is 0 Å². The van der Waals surface area contributed by atoms with Gasteiger partial charge >= 0.3 is 0 Å². The van der Waals surface area contributed by atoms with Crippen LogP contribution in [0.4, 0.5) is 18.9 Å². The van der Waals surface area contributed by atoms with Crippen molar-refractivity contribution >= 4 is 38.5 Å². The number of nitrogens with zero attached hydrogens (tertiary/aromatic N) is 7. The van der Waals surface area contributed by atoms with Crippen molar-refractivity contribution in [2.45, 2.75) is 50.1 Å². The molecule has 4 heterocycles. The number of hydrogen-bond donors (Lipinski definition) is 0. The largest absolute Gasteiger partial charge is 0.497 e. The van der Waals surface area contributed by atoms with E-state index in [0.29, 0.717) is 72.9 Å². The number of aromatic nitrogens is 4. The first-order valence-electron chi connectivity index (χ1n) is 14.9. The Balaban J connectivity index is 1.45. The molecule has 1 aromatic carbocycles. The van der Waals surface area contributed by atoms with E-state index in [1.54, 1.807) is 35.2 Å². The van der Waals surface area contributed by atoms with Gasteiger partial charge in [-0.3, -0.25) is 9.20 Å². The molecule has 2 aliphatic rings. The number of rotatable bonds is 11. The first-order chi connectivity index (χ1) is 22.0. The number of benzene rings is 1. The molecule has 0 N–H and O–H groups in total. The first-order valence-corrected chi connectivity index (χ1v) is 17.1. The highest BCUT2D eigenvalue weighted by Gasteiger charge is 2.53. The second kappa shape index (κ2) is 12.4. The van der Waals surface area contributed by atoms with Gasteiger partial charge in [0.1, 0.15) is 17.3 Å². The number of pyridine rings is 1. The molecule has 1 amide bonds. The lowest BCUT2D eigenvalue weighted by Crippen LogP contribution is -2.50. The summed E-state index contributed by atoms with van der Waals surface area (Å²) in [6, 6.07) is 8.47. The number of sulfonamides is 1. The number of alkyl halides is 3. The summed E-state index contributed by atoms with van der Waals surface area (Å²) in [5, 5.41) is 7.10. The van der Waals surface area contributed by atoms with Crippen molar-refractivity contribution in [1.29, 1.82) is 0 Å². The van der Waals surface area contributed by atoms with E-state index in [1.807, 2.05) is 18.7 Å². The summed E-state index contributed by atoms with van der Waals surface area (Å²) in [6.45, 7) is 4.50. The molecule has 1 saturated carbocycles.